The van der Waals surface area contributed by atoms with E-state index in [1.807, 2.05) is 143 Å². The number of anilines is 3. The maximum atomic E-state index is 13.3. The predicted molar refractivity (Wildman–Crippen MR) is 534 cm³/mol. The maximum absolute atomic E-state index is 13.3. The first-order chi connectivity index (χ1) is 61.1. The number of aryl methyl sites for hydroxylation is 6. The number of alkyl halides is 2. The van der Waals surface area contributed by atoms with Gasteiger partial charge in [-0.15, -0.1) is 56.1 Å². The molecule has 0 aliphatic carbocycles. The maximum Gasteiger partial charge on any atom is 0.414 e. The van der Waals surface area contributed by atoms with Gasteiger partial charge in [0.25, 0.3) is 17.7 Å². The number of nitrogens with zero attached hydrogens (tertiary/aromatic N) is 8. The number of sulfonamides is 3. The number of aliphatic imine (C=N–C) groups is 3. The van der Waals surface area contributed by atoms with Gasteiger partial charge in [0.05, 0.1) is 22.6 Å². The molecule has 4 N–H and O–H groups in total. The number of allylic oxidation sites excluding steroid dienone is 5. The second-order valence-corrected chi connectivity index (χ2v) is 43.2. The Morgan fingerprint density at radius 1 is 0.442 bits per heavy atom. The second-order valence-electron chi connectivity index (χ2n) is 35.7. The first-order valence-electron chi connectivity index (χ1n) is 46.3. The van der Waals surface area contributed by atoms with Gasteiger partial charge in [-0.25, -0.2) is 43.0 Å². The van der Waals surface area contributed by atoms with Crippen molar-refractivity contribution < 1.29 is 58.8 Å². The van der Waals surface area contributed by atoms with Gasteiger partial charge in [-0.05, 0) is 314 Å². The summed E-state index contributed by atoms with van der Waals surface area (Å²) in [7, 11) is -5.06. The van der Waals surface area contributed by atoms with E-state index in [-0.39, 0.29) is 64.6 Å². The number of nitrogens with one attached hydrogen (secondary N) is 4. The van der Waals surface area contributed by atoms with E-state index in [1.165, 1.54) is 43.5 Å². The van der Waals surface area contributed by atoms with E-state index in [9.17, 15) is 54.0 Å². The Kier molecular flexibility index (Phi) is 48.1. The van der Waals surface area contributed by atoms with Gasteiger partial charge in [0.15, 0.2) is 0 Å². The average molecular weight is 1910 g/mol. The number of carbonyl (C=O) groups is 6. The fraction of sp³-hybridized carbons (Fsp3) is 0.622. The zero-order chi connectivity index (χ0) is 95.8. The molecule has 6 aliphatic rings. The highest BCUT2D eigenvalue weighted by molar-refractivity contribution is 7.89. The summed E-state index contributed by atoms with van der Waals surface area (Å²) < 4.78 is 89.2. The first-order valence-corrected chi connectivity index (χ1v) is 52.6. The zero-order valence-corrected chi connectivity index (χ0v) is 84.2. The van der Waals surface area contributed by atoms with Gasteiger partial charge in [-0.2, -0.15) is 0 Å². The number of piperidine rings is 3. The van der Waals surface area contributed by atoms with E-state index >= 15 is 0 Å². The van der Waals surface area contributed by atoms with Crippen molar-refractivity contribution in [3.63, 3.8) is 0 Å². The summed E-state index contributed by atoms with van der Waals surface area (Å²) in [6.07, 6.45) is 38.0. The Labute approximate surface area is 788 Å². The van der Waals surface area contributed by atoms with Crippen LogP contribution in [0.5, 0.6) is 0 Å². The van der Waals surface area contributed by atoms with E-state index in [1.54, 1.807) is 11.9 Å². The van der Waals surface area contributed by atoms with Gasteiger partial charge >= 0.3 is 6.09 Å². The Bertz CT molecular complexity index is 4650. The van der Waals surface area contributed by atoms with Crippen LogP contribution in [0.25, 0.3) is 0 Å². The van der Waals surface area contributed by atoms with Crippen molar-refractivity contribution in [3.8, 4) is 0 Å². The lowest BCUT2D eigenvalue weighted by molar-refractivity contribution is -0.125. The lowest BCUT2D eigenvalue weighted by atomic mass is 9.89. The van der Waals surface area contributed by atoms with Crippen molar-refractivity contribution >= 4 is 134 Å². The van der Waals surface area contributed by atoms with Crippen molar-refractivity contribution in [2.75, 3.05) is 98.1 Å². The molecule has 0 bridgehead atoms. The molecule has 6 heterocycles. The Hall–Kier alpha value is -7.41. The predicted octanol–water partition coefficient (Wildman–Crippen LogP) is 19.2. The minimum Gasteiger partial charge on any atom is -0.443 e. The fourth-order valence-corrected chi connectivity index (χ4v) is 21.4. The summed E-state index contributed by atoms with van der Waals surface area (Å²) in [6, 6.07) is 11.8. The highest BCUT2D eigenvalue weighted by Crippen LogP contribution is 2.37. The monoisotopic (exact) mass is 1900 g/mol. The van der Waals surface area contributed by atoms with Crippen LogP contribution in [-0.2, 0) is 78.0 Å². The fourth-order valence-electron chi connectivity index (χ4n) is 16.9. The Morgan fingerprint density at radius 2 is 0.705 bits per heavy atom. The number of amides is 5. The molecule has 3 aromatic carbocycles. The summed E-state index contributed by atoms with van der Waals surface area (Å²) in [6.45, 7) is 37.7. The summed E-state index contributed by atoms with van der Waals surface area (Å²) in [5, 5.41) is 11.9. The topological polar surface area (TPSA) is 315 Å². The van der Waals surface area contributed by atoms with Crippen molar-refractivity contribution in [2.24, 2.45) is 15.0 Å². The van der Waals surface area contributed by atoms with Gasteiger partial charge < -0.3 is 30.9 Å². The van der Waals surface area contributed by atoms with E-state index < -0.39 is 58.4 Å². The number of hydrogen-bond acceptors (Lipinski definition) is 17. The molecule has 5 amide bonds. The number of rotatable bonds is 46. The van der Waals surface area contributed by atoms with Gasteiger partial charge in [-0.3, -0.25) is 43.8 Å². The van der Waals surface area contributed by atoms with Crippen LogP contribution in [0.2, 0.25) is 0 Å². The van der Waals surface area contributed by atoms with Crippen molar-refractivity contribution in [3.05, 3.63) is 150 Å². The highest BCUT2D eigenvalue weighted by atomic mass is 35.5. The minimum absolute atomic E-state index is 0.00656. The number of carbonyl (C=O) groups excluding carboxylic acids is 6. The zero-order valence-electron chi connectivity index (χ0n) is 79.4. The molecule has 0 radical (unpaired) electrons. The molecule has 0 atom stereocenters. The van der Waals surface area contributed by atoms with Crippen molar-refractivity contribution in [2.45, 2.75) is 309 Å². The smallest absolute Gasteiger partial charge is 0.414 e. The third-order valence-corrected chi connectivity index (χ3v) is 30.5. The highest BCUT2D eigenvalue weighted by Gasteiger charge is 2.50. The Balaban J connectivity index is 0.000000319. The van der Waals surface area contributed by atoms with Gasteiger partial charge in [0, 0.05) is 110 Å². The number of hydrogen-bond donors (Lipinski definition) is 4. The molecule has 0 saturated carbocycles. The summed E-state index contributed by atoms with van der Waals surface area (Å²) in [4.78, 5) is 91.1. The van der Waals surface area contributed by atoms with Crippen LogP contribution in [0.3, 0.4) is 0 Å². The molecule has 3 spiro atoms. The van der Waals surface area contributed by atoms with Crippen LogP contribution in [-0.4, -0.2) is 196 Å². The third-order valence-electron chi connectivity index (χ3n) is 24.7. The van der Waals surface area contributed by atoms with Crippen LogP contribution in [0.4, 0.5) is 21.9 Å². The largest absolute Gasteiger partial charge is 0.443 e. The molecule has 0 aromatic heterocycles. The SMILES string of the molecule is C=CCCCCC1=NC2(CCN(S(=O)(=O)CCc3c(C)cc(N(C)C(=O)OC(C)(C)C)cc3C)CC2)C(=O)N1.C=CCCCCC1=NC2(CCN(S(=O)(=O)CCc3c(C)cc(NC)cc3C)CC2)C(=O)N1.C=CCCCCCCCC(=O)Cl.C=CCCCCCCCC(=O)N(C)c1cc(C)c(CCS(=O)(=O)N2CCC3(CC2)N=C(CCCCC=C)NC3=O)c(C)c1.ClCCl. The van der Waals surface area contributed by atoms with Crippen LogP contribution < -0.4 is 31.1 Å². The molecule has 6 aliphatic heterocycles. The number of amidine groups is 3. The molecule has 0 unspecified atom stereocenters. The third kappa shape index (κ3) is 36.2. The number of unbranched alkanes of at least 4 members (excludes halogenated alkanes) is 16. The minimum atomic E-state index is -3.51. The number of benzene rings is 3. The molecule has 25 nitrogen and oxygen atoms in total. The molecule has 9 rings (SSSR count). The molecule has 31 heteroatoms. The van der Waals surface area contributed by atoms with Gasteiger partial charge in [0.2, 0.25) is 41.2 Å². The number of halogens is 3. The van der Waals surface area contributed by atoms with E-state index in [0.717, 1.165) is 195 Å². The van der Waals surface area contributed by atoms with Crippen molar-refractivity contribution in [1.29, 1.82) is 0 Å². The lowest BCUT2D eigenvalue weighted by Gasteiger charge is -2.34. The van der Waals surface area contributed by atoms with Crippen LogP contribution >= 0.6 is 34.8 Å². The molecule has 129 heavy (non-hydrogen) atoms. The number of ether oxygens (including phenoxy) is 1. The summed E-state index contributed by atoms with van der Waals surface area (Å²) in [5.41, 5.74) is 8.55. The standard InChI is InChI=1S/C34H52N4O4S.C29H44N4O5S.C24H36N4O3S.C10H17ClO.CH2Cl2/c1-6-8-10-12-13-14-16-18-32(39)37(5)29-25-27(3)30(28(4)26-29)19-24-43(41,42)38-22-20-34(21-23-38)33(40)35-31(36-34)17-15-11-9-7-2;1-8-9-10-11-12-25-30-26(34)29(31-25)14-16-33(17-15-29)39(36,37)18-13-24-21(2)19-23(20-22(24)3)32(7)27(35)38-28(4,5)6;1-5-6-7-8-9-22-26-23(29)24(27-22)11-13-28(14-12-24)32(30,31)15-10-21-18(2)16-20(25-4)17-19(21)3;1-2-3-4-5-6-7-8-9-10(11)12;2-1-3/h6-7,25-26H,1-2,8-24H2,3-5H3,(H,35,36,40);8,19-20H,1,9-18H2,2-7H3,(H,30,31,34);5,16-17,25H,1,6-15H2,2-4H3,(H,26,27,29);2H,1,3-9H2;1H2. The molecular formula is C98H151Cl3N12O13S3. The van der Waals surface area contributed by atoms with E-state index in [4.69, 9.17) is 54.5 Å². The average Bonchev–Trinajstić information content (AvgIpc) is 1.65. The van der Waals surface area contributed by atoms with Crippen LogP contribution in [0.15, 0.2) is 115 Å². The molecule has 3 saturated heterocycles. The normalized spacial score (nSPS) is 16.5. The molecule has 3 aromatic rings. The van der Waals surface area contributed by atoms with Crippen molar-refractivity contribution in [1.82, 2.24) is 28.9 Å². The first kappa shape index (κ1) is 112. The molecule has 3 fully saturated rings. The van der Waals surface area contributed by atoms with Crippen LogP contribution in [0.1, 0.15) is 276 Å². The quantitative estimate of drug-likeness (QED) is 0.0177. The second kappa shape index (κ2) is 55.3. The summed E-state index contributed by atoms with van der Waals surface area (Å²) in [5.74, 6) is 2.05. The van der Waals surface area contributed by atoms with E-state index in [2.05, 4.69) is 54.2 Å². The Morgan fingerprint density at radius 3 is 0.984 bits per heavy atom. The lowest BCUT2D eigenvalue weighted by Crippen LogP contribution is -2.50. The van der Waals surface area contributed by atoms with Gasteiger partial charge in [0.1, 0.15) is 39.7 Å². The molecule has 720 valence electrons. The molecular weight excluding hydrogens is 1760 g/mol. The van der Waals surface area contributed by atoms with Crippen LogP contribution in [0, 0.1) is 41.5 Å². The van der Waals surface area contributed by atoms with E-state index in [0.29, 0.717) is 115 Å². The summed E-state index contributed by atoms with van der Waals surface area (Å²) >= 11 is 14.7. The van der Waals surface area contributed by atoms with Gasteiger partial charge in [-0.1, -0.05) is 68.9 Å².